The Hall–Kier alpha value is -1.84. The Bertz CT molecular complexity index is 472. The number of aliphatic hydroxyl groups is 1. The Kier molecular flexibility index (Phi) is 4.48. The van der Waals surface area contributed by atoms with Gasteiger partial charge < -0.3 is 10.2 Å². The lowest BCUT2D eigenvalue weighted by atomic mass is 9.86. The second-order valence-corrected chi connectivity index (χ2v) is 3.75. The zero-order chi connectivity index (χ0) is 12.3. The summed E-state index contributed by atoms with van der Waals surface area (Å²) in [5, 5.41) is 19.7. The van der Waals surface area contributed by atoms with Gasteiger partial charge in [-0.3, -0.25) is 0 Å². The first kappa shape index (κ1) is 14.2. The lowest BCUT2D eigenvalue weighted by Crippen LogP contribution is -2.36. The topological polar surface area (TPSA) is 57.5 Å². The molecule has 0 aliphatic rings. The van der Waals surface area contributed by atoms with Crippen LogP contribution in [0.1, 0.15) is 11.1 Å². The van der Waals surface area contributed by atoms with Crippen molar-refractivity contribution in [3.63, 3.8) is 0 Å². The number of carboxylic acid groups (broad SMARTS) is 1. The van der Waals surface area contributed by atoms with Crippen molar-refractivity contribution in [2.75, 3.05) is 0 Å². The fraction of sp³-hybridized carbons (Fsp3) is 0.0714. The average Bonchev–Trinajstić information content (AvgIpc) is 2.39. The van der Waals surface area contributed by atoms with Crippen LogP contribution in [-0.2, 0) is 10.4 Å². The van der Waals surface area contributed by atoms with Gasteiger partial charge in [0.15, 0.2) is 0 Å². The molecule has 0 unspecified atom stereocenters. The van der Waals surface area contributed by atoms with E-state index in [0.29, 0.717) is 11.1 Å². The van der Waals surface area contributed by atoms with Crippen LogP contribution in [0.4, 0.5) is 0 Å². The minimum absolute atomic E-state index is 0. The Balaban J connectivity index is 0.00000162. The lowest BCUT2D eigenvalue weighted by molar-refractivity contribution is -0.155. The van der Waals surface area contributed by atoms with Gasteiger partial charge in [0.05, 0.1) is 0 Å². The lowest BCUT2D eigenvalue weighted by Gasteiger charge is -2.24. The summed E-state index contributed by atoms with van der Waals surface area (Å²) >= 11 is 0. The second-order valence-electron chi connectivity index (χ2n) is 3.75. The average molecular weight is 265 g/mol. The smallest absolute Gasteiger partial charge is 0.345 e. The number of carbonyl (C=O) groups is 1. The molecule has 94 valence electrons. The highest BCUT2D eigenvalue weighted by atomic mass is 35.5. The molecule has 0 heterocycles. The third-order valence-electron chi connectivity index (χ3n) is 2.69. The maximum absolute atomic E-state index is 11.4. The van der Waals surface area contributed by atoms with Crippen LogP contribution in [0, 0.1) is 0 Å². The monoisotopic (exact) mass is 264 g/mol. The van der Waals surface area contributed by atoms with E-state index in [1.165, 1.54) is 0 Å². The fourth-order valence-electron chi connectivity index (χ4n) is 1.77. The number of halogens is 1. The normalized spacial score (nSPS) is 10.5. The molecule has 2 rings (SSSR count). The van der Waals surface area contributed by atoms with Crippen molar-refractivity contribution in [2.24, 2.45) is 0 Å². The maximum atomic E-state index is 11.4. The first-order valence-electron chi connectivity index (χ1n) is 5.22. The van der Waals surface area contributed by atoms with Crippen LogP contribution in [0.3, 0.4) is 0 Å². The highest BCUT2D eigenvalue weighted by Crippen LogP contribution is 2.29. The van der Waals surface area contributed by atoms with Gasteiger partial charge in [0.25, 0.3) is 0 Å². The van der Waals surface area contributed by atoms with Crippen molar-refractivity contribution >= 4 is 18.4 Å². The molecule has 3 nitrogen and oxygen atoms in total. The first-order valence-corrected chi connectivity index (χ1v) is 5.22. The first-order chi connectivity index (χ1) is 8.15. The quantitative estimate of drug-likeness (QED) is 0.895. The van der Waals surface area contributed by atoms with Crippen LogP contribution in [-0.4, -0.2) is 16.2 Å². The van der Waals surface area contributed by atoms with Gasteiger partial charge in [0, 0.05) is 0 Å². The van der Waals surface area contributed by atoms with E-state index >= 15 is 0 Å². The largest absolute Gasteiger partial charge is 0.479 e. The number of carboxylic acids is 1. The summed E-state index contributed by atoms with van der Waals surface area (Å²) in [5.41, 5.74) is -1.31. The molecule has 0 saturated carbocycles. The fourth-order valence-corrected chi connectivity index (χ4v) is 1.77. The molecule has 0 aliphatic heterocycles. The number of hydrogen-bond acceptors (Lipinski definition) is 2. The van der Waals surface area contributed by atoms with Gasteiger partial charge in [-0.1, -0.05) is 60.7 Å². The Labute approximate surface area is 111 Å². The number of hydrogen-bond donors (Lipinski definition) is 2. The van der Waals surface area contributed by atoms with Gasteiger partial charge in [-0.2, -0.15) is 0 Å². The molecule has 0 aromatic heterocycles. The van der Waals surface area contributed by atoms with Gasteiger partial charge in [-0.15, -0.1) is 12.4 Å². The zero-order valence-electron chi connectivity index (χ0n) is 9.48. The summed E-state index contributed by atoms with van der Waals surface area (Å²) in [6.07, 6.45) is 0. The second kappa shape index (κ2) is 5.67. The maximum Gasteiger partial charge on any atom is 0.345 e. The van der Waals surface area contributed by atoms with Crippen LogP contribution < -0.4 is 0 Å². The van der Waals surface area contributed by atoms with Crippen molar-refractivity contribution < 1.29 is 15.0 Å². The molecule has 0 bridgehead atoms. The SMILES string of the molecule is Cl.O=C(O)C(O)(c1ccccc1)c1ccccc1. The van der Waals surface area contributed by atoms with Crippen molar-refractivity contribution in [3.8, 4) is 0 Å². The molecule has 0 spiro atoms. The molecule has 0 aliphatic carbocycles. The molecule has 2 aromatic carbocycles. The van der Waals surface area contributed by atoms with E-state index in [1.54, 1.807) is 60.7 Å². The van der Waals surface area contributed by atoms with Crippen LogP contribution in [0.25, 0.3) is 0 Å². The van der Waals surface area contributed by atoms with Crippen LogP contribution >= 0.6 is 12.4 Å². The standard InChI is InChI=1S/C14H12O3.ClH/c15-13(16)14(17,11-7-3-1-4-8-11)12-9-5-2-6-10-12;/h1-10,17H,(H,15,16);1H. The summed E-state index contributed by atoms with van der Waals surface area (Å²) in [4.78, 5) is 11.4. The Morgan fingerprint density at radius 2 is 1.17 bits per heavy atom. The highest BCUT2D eigenvalue weighted by molar-refractivity contribution is 5.85. The predicted molar refractivity (Wildman–Crippen MR) is 70.8 cm³/mol. The summed E-state index contributed by atoms with van der Waals surface area (Å²) in [6, 6.07) is 16.7. The summed E-state index contributed by atoms with van der Waals surface area (Å²) in [7, 11) is 0. The molecule has 0 amide bonds. The van der Waals surface area contributed by atoms with Gasteiger partial charge >= 0.3 is 5.97 Å². The van der Waals surface area contributed by atoms with E-state index in [1.807, 2.05) is 0 Å². The van der Waals surface area contributed by atoms with Gasteiger partial charge in [0.1, 0.15) is 0 Å². The minimum Gasteiger partial charge on any atom is -0.479 e. The molecule has 0 atom stereocenters. The van der Waals surface area contributed by atoms with Gasteiger partial charge in [-0.25, -0.2) is 4.79 Å². The molecule has 18 heavy (non-hydrogen) atoms. The third kappa shape index (κ3) is 2.37. The number of rotatable bonds is 3. The Morgan fingerprint density at radius 1 is 0.833 bits per heavy atom. The van der Waals surface area contributed by atoms with Crippen molar-refractivity contribution in [1.82, 2.24) is 0 Å². The molecular formula is C14H13ClO3. The van der Waals surface area contributed by atoms with Crippen molar-refractivity contribution in [3.05, 3.63) is 71.8 Å². The summed E-state index contributed by atoms with van der Waals surface area (Å²) in [5.74, 6) is -1.28. The van der Waals surface area contributed by atoms with Crippen LogP contribution in [0.5, 0.6) is 0 Å². The Morgan fingerprint density at radius 3 is 1.44 bits per heavy atom. The van der Waals surface area contributed by atoms with Gasteiger partial charge in [-0.05, 0) is 11.1 Å². The van der Waals surface area contributed by atoms with E-state index in [2.05, 4.69) is 0 Å². The molecular weight excluding hydrogens is 252 g/mol. The molecule has 0 radical (unpaired) electrons. The van der Waals surface area contributed by atoms with E-state index in [4.69, 9.17) is 0 Å². The molecule has 4 heteroatoms. The number of benzene rings is 2. The molecule has 0 saturated heterocycles. The molecule has 2 aromatic rings. The zero-order valence-corrected chi connectivity index (χ0v) is 10.3. The predicted octanol–water partition coefficient (Wildman–Crippen LogP) is 2.43. The van der Waals surface area contributed by atoms with E-state index in [0.717, 1.165) is 0 Å². The van der Waals surface area contributed by atoms with Crippen molar-refractivity contribution in [2.45, 2.75) is 5.60 Å². The van der Waals surface area contributed by atoms with E-state index < -0.39 is 11.6 Å². The van der Waals surface area contributed by atoms with Crippen LogP contribution in [0.15, 0.2) is 60.7 Å². The summed E-state index contributed by atoms with van der Waals surface area (Å²) < 4.78 is 0. The molecule has 0 fully saturated rings. The summed E-state index contributed by atoms with van der Waals surface area (Å²) in [6.45, 7) is 0. The highest BCUT2D eigenvalue weighted by Gasteiger charge is 2.39. The van der Waals surface area contributed by atoms with E-state index in [9.17, 15) is 15.0 Å². The minimum atomic E-state index is -2.00. The molecule has 2 N–H and O–H groups in total. The number of aliphatic carboxylic acids is 1. The third-order valence-corrected chi connectivity index (χ3v) is 2.69. The van der Waals surface area contributed by atoms with E-state index in [-0.39, 0.29) is 12.4 Å². The van der Waals surface area contributed by atoms with Crippen LogP contribution in [0.2, 0.25) is 0 Å². The van der Waals surface area contributed by atoms with Gasteiger partial charge in [0.2, 0.25) is 5.60 Å². The van der Waals surface area contributed by atoms with Crippen molar-refractivity contribution in [1.29, 1.82) is 0 Å².